The van der Waals surface area contributed by atoms with E-state index < -0.39 is 36.0 Å². The topological polar surface area (TPSA) is 128 Å². The Morgan fingerprint density at radius 1 is 0.868 bits per heavy atom. The summed E-state index contributed by atoms with van der Waals surface area (Å²) >= 11 is 0. The Hall–Kier alpha value is -3.96. The third kappa shape index (κ3) is 6.87. The summed E-state index contributed by atoms with van der Waals surface area (Å²) < 4.78 is 39.6. The number of carbonyl (C=O) groups is 3. The Labute approximate surface area is 217 Å². The van der Waals surface area contributed by atoms with Crippen LogP contribution in [0, 0.1) is 0 Å². The molecule has 0 saturated heterocycles. The van der Waals surface area contributed by atoms with Gasteiger partial charge in [-0.05, 0) is 60.7 Å². The number of hydrogen-bond donors (Lipinski definition) is 3. The zero-order chi connectivity index (χ0) is 27.8. The highest BCUT2D eigenvalue weighted by atomic mass is 19.4. The molecule has 0 aliphatic carbocycles. The number of carbonyl (C=O) groups excluding carboxylic acids is 3. The van der Waals surface area contributed by atoms with Crippen molar-refractivity contribution in [3.05, 3.63) is 78.4 Å². The number of anilines is 1. The van der Waals surface area contributed by atoms with E-state index in [1.165, 1.54) is 0 Å². The summed E-state index contributed by atoms with van der Waals surface area (Å²) in [5, 5.41) is 4.61. The number of hydrogen-bond acceptors (Lipinski definition) is 6. The van der Waals surface area contributed by atoms with E-state index in [0.717, 1.165) is 16.3 Å². The van der Waals surface area contributed by atoms with E-state index in [2.05, 4.69) is 10.2 Å². The molecule has 0 unspecified atom stereocenters. The molecule has 1 atom stereocenters. The van der Waals surface area contributed by atoms with E-state index in [0.29, 0.717) is 5.69 Å². The van der Waals surface area contributed by atoms with Gasteiger partial charge in [0.15, 0.2) is 5.54 Å². The number of benzene rings is 3. The summed E-state index contributed by atoms with van der Waals surface area (Å²) in [7, 11) is 0. The summed E-state index contributed by atoms with van der Waals surface area (Å²) in [5.41, 5.74) is 10.2. The number of nitrogens with two attached hydrogens (primary N) is 2. The van der Waals surface area contributed by atoms with Crippen LogP contribution in [0.25, 0.3) is 10.8 Å². The fourth-order valence-corrected chi connectivity index (χ4v) is 4.15. The van der Waals surface area contributed by atoms with Crippen LogP contribution in [0.4, 0.5) is 18.9 Å². The first-order chi connectivity index (χ1) is 18.1. The molecule has 0 radical (unpaired) electrons. The average Bonchev–Trinajstić information content (AvgIpc) is 2.91. The smallest absolute Gasteiger partial charge is 0.330 e. The van der Waals surface area contributed by atoms with Crippen molar-refractivity contribution >= 4 is 34.2 Å². The van der Waals surface area contributed by atoms with Gasteiger partial charge in [-0.3, -0.25) is 9.59 Å². The summed E-state index contributed by atoms with van der Waals surface area (Å²) in [5.74, 6) is -4.65. The number of nitrogens with zero attached hydrogens (tertiary/aromatic N) is 1. The summed E-state index contributed by atoms with van der Waals surface area (Å²) in [6.07, 6.45) is -5.47. The first-order valence-electron chi connectivity index (χ1n) is 12.0. The van der Waals surface area contributed by atoms with E-state index in [1.807, 2.05) is 24.3 Å². The summed E-state index contributed by atoms with van der Waals surface area (Å²) in [4.78, 5) is 43.3. The predicted octanol–water partition coefficient (Wildman–Crippen LogP) is 3.70. The molecule has 5 N–H and O–H groups in total. The number of aryl methyl sites for hydroxylation is 1. The largest absolute Gasteiger partial charge is 0.493 e. The number of halogens is 3. The Morgan fingerprint density at radius 3 is 2.16 bits per heavy atom. The van der Waals surface area contributed by atoms with Gasteiger partial charge in [0.1, 0.15) is 0 Å². The molecule has 0 aromatic heterocycles. The lowest BCUT2D eigenvalue weighted by atomic mass is 9.84. The van der Waals surface area contributed by atoms with Crippen LogP contribution in [-0.4, -0.2) is 47.7 Å². The molecule has 3 rings (SSSR count). The number of nitrogens with one attached hydrogen (secondary N) is 1. The van der Waals surface area contributed by atoms with Gasteiger partial charge in [-0.15, -0.1) is 0 Å². The van der Waals surface area contributed by atoms with Gasteiger partial charge in [0.05, 0.1) is 6.54 Å². The molecule has 0 bridgehead atoms. The molecule has 38 heavy (non-hydrogen) atoms. The van der Waals surface area contributed by atoms with Crippen molar-refractivity contribution in [2.24, 2.45) is 11.5 Å². The minimum absolute atomic E-state index is 0.0637. The maximum Gasteiger partial charge on any atom is 0.493 e. The van der Waals surface area contributed by atoms with Gasteiger partial charge in [-0.1, -0.05) is 60.7 Å². The van der Waals surface area contributed by atoms with E-state index >= 15 is 0 Å². The lowest BCUT2D eigenvalue weighted by Crippen LogP contribution is -2.61. The second-order valence-corrected chi connectivity index (χ2v) is 8.69. The highest BCUT2D eigenvalue weighted by Gasteiger charge is 2.52. The van der Waals surface area contributed by atoms with Crippen molar-refractivity contribution in [3.63, 3.8) is 0 Å². The molecule has 3 aromatic rings. The monoisotopic (exact) mass is 530 g/mol. The van der Waals surface area contributed by atoms with Crippen LogP contribution < -0.4 is 16.8 Å². The molecular weight excluding hydrogens is 501 g/mol. The second kappa shape index (κ2) is 12.5. The van der Waals surface area contributed by atoms with Gasteiger partial charge >= 0.3 is 12.1 Å². The molecule has 0 heterocycles. The molecule has 0 aliphatic rings. The van der Waals surface area contributed by atoms with Gasteiger partial charge in [-0.2, -0.15) is 18.2 Å². The average molecular weight is 531 g/mol. The SMILES string of the molecule is NCCC[C@@](CCc1ccccc1)(C(=O)Nc1ccc2ccccc2c1)N(OC(=O)C(F)(F)F)C(=O)CN. The standard InChI is InChI=1S/C27H29F3N4O4/c28-27(29,30)25(37)38-34(23(35)18-32)26(14-6-16-31,15-13-19-7-2-1-3-8-19)24(36)33-22-12-11-20-9-4-5-10-21(20)17-22/h1-5,7-12,17H,6,13-16,18,31-32H2,(H,33,36)/t26-/m1/s1. The Morgan fingerprint density at radius 2 is 1.53 bits per heavy atom. The Balaban J connectivity index is 2.08. The zero-order valence-corrected chi connectivity index (χ0v) is 20.5. The van der Waals surface area contributed by atoms with Crippen LogP contribution in [0.3, 0.4) is 0 Å². The fraction of sp³-hybridized carbons (Fsp3) is 0.296. The maximum absolute atomic E-state index is 13.9. The fourth-order valence-electron chi connectivity index (χ4n) is 4.15. The van der Waals surface area contributed by atoms with Gasteiger partial charge in [0.2, 0.25) is 0 Å². The van der Waals surface area contributed by atoms with Gasteiger partial charge < -0.3 is 21.6 Å². The van der Waals surface area contributed by atoms with Crippen molar-refractivity contribution in [2.75, 3.05) is 18.4 Å². The van der Waals surface area contributed by atoms with Crippen LogP contribution in [0.15, 0.2) is 72.8 Å². The van der Waals surface area contributed by atoms with Gasteiger partial charge in [0, 0.05) is 5.69 Å². The number of hydroxylamine groups is 2. The minimum Gasteiger partial charge on any atom is -0.330 e. The summed E-state index contributed by atoms with van der Waals surface area (Å²) in [6, 6.07) is 21.3. The number of fused-ring (bicyclic) bond motifs is 1. The van der Waals surface area contributed by atoms with E-state index in [1.54, 1.807) is 48.5 Å². The zero-order valence-electron chi connectivity index (χ0n) is 20.5. The van der Waals surface area contributed by atoms with Crippen molar-refractivity contribution in [3.8, 4) is 0 Å². The maximum atomic E-state index is 13.9. The van der Waals surface area contributed by atoms with Crippen molar-refractivity contribution in [1.29, 1.82) is 0 Å². The molecule has 202 valence electrons. The molecule has 3 aromatic carbocycles. The highest BCUT2D eigenvalue weighted by Crippen LogP contribution is 2.32. The molecule has 0 saturated carbocycles. The van der Waals surface area contributed by atoms with Gasteiger partial charge in [-0.25, -0.2) is 4.79 Å². The second-order valence-electron chi connectivity index (χ2n) is 8.69. The van der Waals surface area contributed by atoms with Crippen molar-refractivity contribution < 1.29 is 32.4 Å². The molecule has 0 spiro atoms. The van der Waals surface area contributed by atoms with Crippen LogP contribution in [0.1, 0.15) is 24.8 Å². The van der Waals surface area contributed by atoms with Crippen LogP contribution in [0.2, 0.25) is 0 Å². The normalized spacial score (nSPS) is 13.0. The molecule has 8 nitrogen and oxygen atoms in total. The number of alkyl halides is 3. The summed E-state index contributed by atoms with van der Waals surface area (Å²) in [6.45, 7) is -0.738. The first kappa shape index (κ1) is 28.6. The molecular formula is C27H29F3N4O4. The molecule has 2 amide bonds. The molecule has 0 aliphatic heterocycles. The van der Waals surface area contributed by atoms with E-state index in [-0.39, 0.29) is 37.3 Å². The van der Waals surface area contributed by atoms with Crippen LogP contribution in [-0.2, 0) is 25.6 Å². The van der Waals surface area contributed by atoms with Gasteiger partial charge in [0.25, 0.3) is 11.8 Å². The third-order valence-electron chi connectivity index (χ3n) is 6.09. The quantitative estimate of drug-likeness (QED) is 0.343. The van der Waals surface area contributed by atoms with Crippen LogP contribution >= 0.6 is 0 Å². The number of amides is 2. The highest BCUT2D eigenvalue weighted by molar-refractivity contribution is 6.02. The van der Waals surface area contributed by atoms with E-state index in [9.17, 15) is 27.6 Å². The Kier molecular flexibility index (Phi) is 9.43. The minimum atomic E-state index is -5.42. The predicted molar refractivity (Wildman–Crippen MR) is 136 cm³/mol. The van der Waals surface area contributed by atoms with Crippen molar-refractivity contribution in [2.45, 2.75) is 37.4 Å². The molecule has 11 heteroatoms. The first-order valence-corrected chi connectivity index (χ1v) is 12.0. The number of rotatable bonds is 10. The Bertz CT molecular complexity index is 1270. The van der Waals surface area contributed by atoms with Crippen LogP contribution in [0.5, 0.6) is 0 Å². The van der Waals surface area contributed by atoms with Crippen molar-refractivity contribution in [1.82, 2.24) is 5.06 Å². The lowest BCUT2D eigenvalue weighted by molar-refractivity contribution is -0.253. The third-order valence-corrected chi connectivity index (χ3v) is 6.09. The van der Waals surface area contributed by atoms with E-state index in [4.69, 9.17) is 11.5 Å². The lowest BCUT2D eigenvalue weighted by Gasteiger charge is -2.40. The molecule has 0 fully saturated rings.